The van der Waals surface area contributed by atoms with Gasteiger partial charge in [-0.2, -0.15) is 5.10 Å². The molecule has 1 atom stereocenters. The van der Waals surface area contributed by atoms with Gasteiger partial charge in [-0.25, -0.2) is 4.39 Å². The molecular formula is C20H26FN5. The van der Waals surface area contributed by atoms with E-state index in [1.54, 1.807) is 12.1 Å². The number of nitrogens with zero attached hydrogens (tertiary/aromatic N) is 4. The number of hydrogen-bond acceptors (Lipinski definition) is 2. The average molecular weight is 355 g/mol. The Bertz CT molecular complexity index is 791. The molecule has 2 heterocycles. The third kappa shape index (κ3) is 3.32. The lowest BCUT2D eigenvalue weighted by molar-refractivity contribution is 0.478. The van der Waals surface area contributed by atoms with Crippen molar-refractivity contribution in [2.45, 2.75) is 30.6 Å². The molecule has 0 amide bonds. The van der Waals surface area contributed by atoms with Gasteiger partial charge in [0, 0.05) is 51.3 Å². The molecule has 1 aliphatic carbocycles. The number of halogens is 1. The highest BCUT2D eigenvalue weighted by Crippen LogP contribution is 2.47. The van der Waals surface area contributed by atoms with Crippen LogP contribution in [0.2, 0.25) is 0 Å². The lowest BCUT2D eigenvalue weighted by Gasteiger charge is -2.24. The van der Waals surface area contributed by atoms with E-state index in [0.29, 0.717) is 5.92 Å². The number of aromatic nitrogens is 2. The van der Waals surface area contributed by atoms with E-state index in [1.165, 1.54) is 11.1 Å². The Kier molecular flexibility index (Phi) is 4.42. The van der Waals surface area contributed by atoms with E-state index in [2.05, 4.69) is 26.5 Å². The Hall–Kier alpha value is -2.37. The van der Waals surface area contributed by atoms with Gasteiger partial charge in [0.1, 0.15) is 5.82 Å². The first-order chi connectivity index (χ1) is 12.6. The van der Waals surface area contributed by atoms with Crippen molar-refractivity contribution < 1.29 is 4.39 Å². The molecule has 1 aliphatic heterocycles. The third-order valence-corrected chi connectivity index (χ3v) is 5.79. The molecular weight excluding hydrogens is 329 g/mol. The molecule has 1 saturated heterocycles. The summed E-state index contributed by atoms with van der Waals surface area (Å²) in [7, 11) is 3.80. The highest BCUT2D eigenvalue weighted by Gasteiger charge is 2.44. The quantitative estimate of drug-likeness (QED) is 0.677. The van der Waals surface area contributed by atoms with Crippen molar-refractivity contribution in [3.05, 3.63) is 53.6 Å². The second-order valence-corrected chi connectivity index (χ2v) is 7.57. The van der Waals surface area contributed by atoms with Gasteiger partial charge < -0.3 is 10.2 Å². The molecule has 26 heavy (non-hydrogen) atoms. The molecule has 2 aliphatic rings. The molecule has 1 aromatic heterocycles. The smallest absolute Gasteiger partial charge is 0.193 e. The predicted molar refractivity (Wildman–Crippen MR) is 101 cm³/mol. The SMILES string of the molecule is CN=C(NCC1(c2ccc(F)cc2)CC1)N1CCC(c2cnn(C)c2)C1. The van der Waals surface area contributed by atoms with Crippen molar-refractivity contribution in [2.75, 3.05) is 26.7 Å². The normalized spacial score (nSPS) is 21.9. The molecule has 0 radical (unpaired) electrons. The number of benzene rings is 1. The molecule has 1 unspecified atom stereocenters. The van der Waals surface area contributed by atoms with Crippen LogP contribution in [0.15, 0.2) is 41.7 Å². The van der Waals surface area contributed by atoms with Crippen molar-refractivity contribution in [3.63, 3.8) is 0 Å². The Morgan fingerprint density at radius 2 is 2.12 bits per heavy atom. The van der Waals surface area contributed by atoms with Crippen molar-refractivity contribution >= 4 is 5.96 Å². The minimum Gasteiger partial charge on any atom is -0.355 e. The molecule has 0 spiro atoms. The van der Waals surface area contributed by atoms with Crippen LogP contribution in [0.5, 0.6) is 0 Å². The molecule has 0 bridgehead atoms. The number of likely N-dealkylation sites (tertiary alicyclic amines) is 1. The first-order valence-corrected chi connectivity index (χ1v) is 9.30. The van der Waals surface area contributed by atoms with Gasteiger partial charge in [-0.15, -0.1) is 0 Å². The van der Waals surface area contributed by atoms with Crippen molar-refractivity contribution in [1.82, 2.24) is 20.0 Å². The summed E-state index contributed by atoms with van der Waals surface area (Å²) in [5.41, 5.74) is 2.65. The largest absolute Gasteiger partial charge is 0.355 e. The van der Waals surface area contributed by atoms with Crippen molar-refractivity contribution in [1.29, 1.82) is 0 Å². The van der Waals surface area contributed by atoms with Crippen LogP contribution in [0.4, 0.5) is 4.39 Å². The fourth-order valence-corrected chi connectivity index (χ4v) is 3.98. The van der Waals surface area contributed by atoms with Gasteiger partial charge in [0.25, 0.3) is 0 Å². The Morgan fingerprint density at radius 1 is 1.35 bits per heavy atom. The second-order valence-electron chi connectivity index (χ2n) is 7.57. The van der Waals surface area contributed by atoms with Crippen LogP contribution in [-0.4, -0.2) is 47.3 Å². The van der Waals surface area contributed by atoms with Gasteiger partial charge in [-0.05, 0) is 42.5 Å². The minimum atomic E-state index is -0.174. The summed E-state index contributed by atoms with van der Waals surface area (Å²) in [6.07, 6.45) is 7.48. The molecule has 2 fully saturated rings. The number of nitrogens with one attached hydrogen (secondary N) is 1. The molecule has 1 aromatic carbocycles. The van der Waals surface area contributed by atoms with Crippen LogP contribution in [0.25, 0.3) is 0 Å². The van der Waals surface area contributed by atoms with Gasteiger partial charge in [-0.3, -0.25) is 9.67 Å². The predicted octanol–water partition coefficient (Wildman–Crippen LogP) is 2.66. The van der Waals surface area contributed by atoms with E-state index in [-0.39, 0.29) is 11.2 Å². The number of hydrogen-bond donors (Lipinski definition) is 1. The summed E-state index contributed by atoms with van der Waals surface area (Å²) in [4.78, 5) is 6.82. The van der Waals surface area contributed by atoms with Gasteiger partial charge >= 0.3 is 0 Å². The third-order valence-electron chi connectivity index (χ3n) is 5.79. The van der Waals surface area contributed by atoms with Gasteiger partial charge in [-0.1, -0.05) is 12.1 Å². The first kappa shape index (κ1) is 17.1. The number of aryl methyl sites for hydroxylation is 1. The lowest BCUT2D eigenvalue weighted by atomic mass is 9.96. The topological polar surface area (TPSA) is 45.5 Å². The van der Waals surface area contributed by atoms with E-state index in [1.807, 2.05) is 37.1 Å². The zero-order valence-corrected chi connectivity index (χ0v) is 15.5. The highest BCUT2D eigenvalue weighted by molar-refractivity contribution is 5.80. The lowest BCUT2D eigenvalue weighted by Crippen LogP contribution is -2.43. The number of guanidine groups is 1. The Morgan fingerprint density at radius 3 is 2.73 bits per heavy atom. The molecule has 6 heteroatoms. The van der Waals surface area contributed by atoms with E-state index in [9.17, 15) is 4.39 Å². The standard InChI is InChI=1S/C20H26FN5/c1-22-19(26-10-7-15(13-26)16-11-24-25(2)12-16)23-14-20(8-9-20)17-3-5-18(21)6-4-17/h3-6,11-12,15H,7-10,13-14H2,1-2H3,(H,22,23). The van der Waals surface area contributed by atoms with Crippen LogP contribution in [0.1, 0.15) is 36.3 Å². The van der Waals surface area contributed by atoms with Gasteiger partial charge in [0.2, 0.25) is 0 Å². The molecule has 1 saturated carbocycles. The molecule has 1 N–H and O–H groups in total. The summed E-state index contributed by atoms with van der Waals surface area (Å²) >= 11 is 0. The zero-order chi connectivity index (χ0) is 18.1. The minimum absolute atomic E-state index is 0.131. The summed E-state index contributed by atoms with van der Waals surface area (Å²) in [5, 5.41) is 7.86. The van der Waals surface area contributed by atoms with Crippen molar-refractivity contribution in [2.24, 2.45) is 12.0 Å². The van der Waals surface area contributed by atoms with Gasteiger partial charge in [0.05, 0.1) is 6.20 Å². The number of rotatable bonds is 4. The molecule has 138 valence electrons. The fourth-order valence-electron chi connectivity index (χ4n) is 3.98. The summed E-state index contributed by atoms with van der Waals surface area (Å²) in [6, 6.07) is 6.95. The van der Waals surface area contributed by atoms with E-state index >= 15 is 0 Å². The highest BCUT2D eigenvalue weighted by atomic mass is 19.1. The second kappa shape index (κ2) is 6.74. The van der Waals surface area contributed by atoms with Crippen LogP contribution in [0, 0.1) is 5.82 Å². The number of aliphatic imine (C=N–C) groups is 1. The van der Waals surface area contributed by atoms with E-state index in [0.717, 1.165) is 44.9 Å². The van der Waals surface area contributed by atoms with Gasteiger partial charge in [0.15, 0.2) is 5.96 Å². The van der Waals surface area contributed by atoms with Crippen LogP contribution >= 0.6 is 0 Å². The summed E-state index contributed by atoms with van der Waals surface area (Å²) in [6.45, 7) is 2.82. The molecule has 2 aromatic rings. The molecule has 4 rings (SSSR count). The van der Waals surface area contributed by atoms with E-state index < -0.39 is 0 Å². The fraction of sp³-hybridized carbons (Fsp3) is 0.500. The maximum Gasteiger partial charge on any atom is 0.193 e. The van der Waals surface area contributed by atoms with Crippen molar-refractivity contribution in [3.8, 4) is 0 Å². The Balaban J connectivity index is 1.37. The average Bonchev–Trinajstić information content (AvgIpc) is 3.05. The molecule has 5 nitrogen and oxygen atoms in total. The van der Waals surface area contributed by atoms with Crippen LogP contribution in [0.3, 0.4) is 0 Å². The maximum atomic E-state index is 13.2. The summed E-state index contributed by atoms with van der Waals surface area (Å²) < 4.78 is 15.1. The van der Waals surface area contributed by atoms with E-state index in [4.69, 9.17) is 0 Å². The van der Waals surface area contributed by atoms with Crippen LogP contribution < -0.4 is 5.32 Å². The maximum absolute atomic E-state index is 13.2. The summed E-state index contributed by atoms with van der Waals surface area (Å²) in [5.74, 6) is 1.30. The Labute approximate surface area is 153 Å². The monoisotopic (exact) mass is 355 g/mol. The zero-order valence-electron chi connectivity index (χ0n) is 15.5. The van der Waals surface area contributed by atoms with Crippen LogP contribution in [-0.2, 0) is 12.5 Å². The first-order valence-electron chi connectivity index (χ1n) is 9.30.